The first-order chi connectivity index (χ1) is 9.78. The SMILES string of the molecule is COc1cccc(C(=O)NCC(N)CC(C)(C)C)c1OC. The molecule has 1 atom stereocenters. The second-order valence-corrected chi connectivity index (χ2v) is 6.28. The van der Waals surface area contributed by atoms with Crippen LogP contribution in [0.5, 0.6) is 11.5 Å². The number of para-hydroxylation sites is 1. The van der Waals surface area contributed by atoms with Crippen LogP contribution in [0.2, 0.25) is 0 Å². The fourth-order valence-electron chi connectivity index (χ4n) is 2.24. The van der Waals surface area contributed by atoms with Crippen molar-refractivity contribution in [1.29, 1.82) is 0 Å². The lowest BCUT2D eigenvalue weighted by Crippen LogP contribution is -2.39. The van der Waals surface area contributed by atoms with E-state index in [0.29, 0.717) is 23.6 Å². The average Bonchev–Trinajstić information content (AvgIpc) is 2.41. The molecule has 0 aliphatic heterocycles. The van der Waals surface area contributed by atoms with Crippen molar-refractivity contribution in [3.8, 4) is 11.5 Å². The monoisotopic (exact) mass is 294 g/mol. The van der Waals surface area contributed by atoms with Crippen LogP contribution < -0.4 is 20.5 Å². The minimum atomic E-state index is -0.213. The molecule has 1 aromatic carbocycles. The number of hydrogen-bond acceptors (Lipinski definition) is 4. The van der Waals surface area contributed by atoms with Crippen LogP contribution in [0.1, 0.15) is 37.6 Å². The molecule has 0 aliphatic rings. The van der Waals surface area contributed by atoms with Gasteiger partial charge in [0.1, 0.15) is 0 Å². The summed E-state index contributed by atoms with van der Waals surface area (Å²) < 4.78 is 10.4. The number of amides is 1. The van der Waals surface area contributed by atoms with Crippen LogP contribution in [0.3, 0.4) is 0 Å². The highest BCUT2D eigenvalue weighted by molar-refractivity contribution is 5.97. The molecule has 0 spiro atoms. The maximum atomic E-state index is 12.3. The Hall–Kier alpha value is -1.75. The molecule has 0 aromatic heterocycles. The minimum Gasteiger partial charge on any atom is -0.493 e. The second-order valence-electron chi connectivity index (χ2n) is 6.28. The molecule has 1 amide bonds. The van der Waals surface area contributed by atoms with Gasteiger partial charge in [-0.3, -0.25) is 4.79 Å². The number of nitrogens with one attached hydrogen (secondary N) is 1. The van der Waals surface area contributed by atoms with Crippen LogP contribution >= 0.6 is 0 Å². The van der Waals surface area contributed by atoms with Gasteiger partial charge in [-0.2, -0.15) is 0 Å². The number of methoxy groups -OCH3 is 2. The van der Waals surface area contributed by atoms with Gasteiger partial charge in [-0.05, 0) is 24.0 Å². The summed E-state index contributed by atoms with van der Waals surface area (Å²) in [5.41, 5.74) is 6.62. The van der Waals surface area contributed by atoms with E-state index in [0.717, 1.165) is 6.42 Å². The van der Waals surface area contributed by atoms with E-state index in [4.69, 9.17) is 15.2 Å². The van der Waals surface area contributed by atoms with E-state index in [1.807, 2.05) is 0 Å². The summed E-state index contributed by atoms with van der Waals surface area (Å²) in [5.74, 6) is 0.751. The summed E-state index contributed by atoms with van der Waals surface area (Å²) in [7, 11) is 3.05. The first kappa shape index (κ1) is 17.3. The Morgan fingerprint density at radius 2 is 1.95 bits per heavy atom. The summed E-state index contributed by atoms with van der Waals surface area (Å²) in [6.45, 7) is 6.80. The van der Waals surface area contributed by atoms with Gasteiger partial charge in [-0.15, -0.1) is 0 Å². The first-order valence-electron chi connectivity index (χ1n) is 7.03. The third-order valence-corrected chi connectivity index (χ3v) is 3.05. The van der Waals surface area contributed by atoms with Crippen LogP contribution in [0.4, 0.5) is 0 Å². The highest BCUT2D eigenvalue weighted by Gasteiger charge is 2.19. The Morgan fingerprint density at radius 1 is 1.29 bits per heavy atom. The molecule has 5 nitrogen and oxygen atoms in total. The summed E-state index contributed by atoms with van der Waals surface area (Å²) in [6.07, 6.45) is 0.836. The second kappa shape index (κ2) is 7.31. The van der Waals surface area contributed by atoms with Crippen LogP contribution in [0.25, 0.3) is 0 Å². The molecule has 0 fully saturated rings. The lowest BCUT2D eigenvalue weighted by Gasteiger charge is -2.23. The molecular formula is C16H26N2O3. The highest BCUT2D eigenvalue weighted by Crippen LogP contribution is 2.30. The largest absolute Gasteiger partial charge is 0.493 e. The van der Waals surface area contributed by atoms with Crippen LogP contribution in [0, 0.1) is 5.41 Å². The standard InChI is InChI=1S/C16H26N2O3/c1-16(2,3)9-11(17)10-18-15(19)12-7-6-8-13(20-4)14(12)21-5/h6-8,11H,9-10,17H2,1-5H3,(H,18,19). The molecule has 3 N–H and O–H groups in total. The number of benzene rings is 1. The van der Waals surface area contributed by atoms with E-state index >= 15 is 0 Å². The van der Waals surface area contributed by atoms with Crippen molar-refractivity contribution in [2.75, 3.05) is 20.8 Å². The van der Waals surface area contributed by atoms with Crippen molar-refractivity contribution in [2.24, 2.45) is 11.1 Å². The van der Waals surface area contributed by atoms with Gasteiger partial charge in [0, 0.05) is 12.6 Å². The topological polar surface area (TPSA) is 73.6 Å². The fraction of sp³-hybridized carbons (Fsp3) is 0.562. The van der Waals surface area contributed by atoms with Gasteiger partial charge in [-0.1, -0.05) is 26.8 Å². The number of rotatable bonds is 6. The summed E-state index contributed by atoms with van der Waals surface area (Å²) in [4.78, 5) is 12.3. The van der Waals surface area contributed by atoms with Crippen molar-refractivity contribution in [1.82, 2.24) is 5.32 Å². The van der Waals surface area contributed by atoms with Crippen molar-refractivity contribution < 1.29 is 14.3 Å². The Balaban J connectivity index is 2.72. The molecule has 118 valence electrons. The number of nitrogens with two attached hydrogens (primary N) is 1. The van der Waals surface area contributed by atoms with Gasteiger partial charge in [0.15, 0.2) is 11.5 Å². The maximum absolute atomic E-state index is 12.3. The molecule has 0 saturated heterocycles. The van der Waals surface area contributed by atoms with Gasteiger partial charge < -0.3 is 20.5 Å². The normalized spacial score (nSPS) is 12.7. The van der Waals surface area contributed by atoms with Crippen molar-refractivity contribution in [2.45, 2.75) is 33.2 Å². The van der Waals surface area contributed by atoms with E-state index in [-0.39, 0.29) is 17.4 Å². The lowest BCUT2D eigenvalue weighted by molar-refractivity contribution is 0.0945. The molecule has 21 heavy (non-hydrogen) atoms. The molecule has 0 bridgehead atoms. The molecule has 1 rings (SSSR count). The van der Waals surface area contributed by atoms with Crippen LogP contribution in [0.15, 0.2) is 18.2 Å². The molecule has 0 saturated carbocycles. The van der Waals surface area contributed by atoms with Gasteiger partial charge in [-0.25, -0.2) is 0 Å². The predicted octanol–water partition coefficient (Wildman–Crippen LogP) is 2.20. The third kappa shape index (κ3) is 5.27. The smallest absolute Gasteiger partial charge is 0.255 e. The van der Waals surface area contributed by atoms with E-state index in [9.17, 15) is 4.79 Å². The Kier molecular flexibility index (Phi) is 6.03. The number of hydrogen-bond donors (Lipinski definition) is 2. The Morgan fingerprint density at radius 3 is 2.48 bits per heavy atom. The zero-order valence-corrected chi connectivity index (χ0v) is 13.5. The van der Waals surface area contributed by atoms with Crippen molar-refractivity contribution >= 4 is 5.91 Å². The van der Waals surface area contributed by atoms with E-state index in [1.165, 1.54) is 7.11 Å². The molecule has 1 aromatic rings. The zero-order valence-electron chi connectivity index (χ0n) is 13.5. The van der Waals surface area contributed by atoms with Crippen LogP contribution in [-0.4, -0.2) is 32.7 Å². The van der Waals surface area contributed by atoms with Gasteiger partial charge in [0.2, 0.25) is 0 Å². The minimum absolute atomic E-state index is 0.0782. The molecular weight excluding hydrogens is 268 g/mol. The summed E-state index contributed by atoms with van der Waals surface area (Å²) >= 11 is 0. The van der Waals surface area contributed by atoms with E-state index < -0.39 is 0 Å². The third-order valence-electron chi connectivity index (χ3n) is 3.05. The van der Waals surface area contributed by atoms with Crippen molar-refractivity contribution in [3.05, 3.63) is 23.8 Å². The predicted molar refractivity (Wildman–Crippen MR) is 83.9 cm³/mol. The molecule has 1 unspecified atom stereocenters. The highest BCUT2D eigenvalue weighted by atomic mass is 16.5. The average molecular weight is 294 g/mol. The van der Waals surface area contributed by atoms with Crippen LogP contribution in [-0.2, 0) is 0 Å². The number of carbonyl (C=O) groups excluding carboxylic acids is 1. The van der Waals surface area contributed by atoms with Gasteiger partial charge >= 0.3 is 0 Å². The lowest BCUT2D eigenvalue weighted by atomic mass is 9.88. The molecule has 0 aliphatic carbocycles. The molecule has 5 heteroatoms. The molecule has 0 heterocycles. The summed E-state index contributed by atoms with van der Waals surface area (Å²) in [6, 6.07) is 5.13. The van der Waals surface area contributed by atoms with E-state index in [1.54, 1.807) is 25.3 Å². The summed E-state index contributed by atoms with van der Waals surface area (Å²) in [5, 5.41) is 2.85. The quantitative estimate of drug-likeness (QED) is 0.843. The van der Waals surface area contributed by atoms with Gasteiger partial charge in [0.25, 0.3) is 5.91 Å². The first-order valence-corrected chi connectivity index (χ1v) is 7.03. The fourth-order valence-corrected chi connectivity index (χ4v) is 2.24. The molecule has 0 radical (unpaired) electrons. The Labute approximate surface area is 126 Å². The maximum Gasteiger partial charge on any atom is 0.255 e. The Bertz CT molecular complexity index is 481. The van der Waals surface area contributed by atoms with E-state index in [2.05, 4.69) is 26.1 Å². The van der Waals surface area contributed by atoms with Gasteiger partial charge in [0.05, 0.1) is 19.8 Å². The number of ether oxygens (including phenoxy) is 2. The van der Waals surface area contributed by atoms with Crippen molar-refractivity contribution in [3.63, 3.8) is 0 Å². The zero-order chi connectivity index (χ0) is 16.0. The number of carbonyl (C=O) groups is 1.